The van der Waals surface area contributed by atoms with Gasteiger partial charge in [0.1, 0.15) is 0 Å². The number of hydrogen-bond acceptors (Lipinski definition) is 5. The number of carbonyl (C=O) groups excluding carboxylic acids is 1. The first-order valence-electron chi connectivity index (χ1n) is 4.27. The summed E-state index contributed by atoms with van der Waals surface area (Å²) in [5, 5.41) is 0. The molecule has 0 unspecified atom stereocenters. The second kappa shape index (κ2) is 4.43. The van der Waals surface area contributed by atoms with E-state index in [2.05, 4.69) is 4.84 Å². The van der Waals surface area contributed by atoms with Crippen molar-refractivity contribution in [3.8, 4) is 0 Å². The van der Waals surface area contributed by atoms with Crippen LogP contribution in [0, 0.1) is 0 Å². The highest BCUT2D eigenvalue weighted by molar-refractivity contribution is 5.87. The Bertz CT molecular complexity index is 569. The van der Waals surface area contributed by atoms with Crippen LogP contribution in [0.3, 0.4) is 0 Å². The Morgan fingerprint density at radius 1 is 1.25 bits per heavy atom. The van der Waals surface area contributed by atoms with Crippen LogP contribution in [-0.2, 0) is 4.79 Å². The predicted octanol–water partition coefficient (Wildman–Crippen LogP) is -1.85. The predicted molar refractivity (Wildman–Crippen MR) is 53.0 cm³/mol. The maximum absolute atomic E-state index is 11.2. The van der Waals surface area contributed by atoms with Gasteiger partial charge in [-0.15, -0.1) is 0 Å². The van der Waals surface area contributed by atoms with Gasteiger partial charge in [0.2, 0.25) is 0 Å². The second-order valence-electron chi connectivity index (χ2n) is 2.83. The Kier molecular flexibility index (Phi) is 3.24. The van der Waals surface area contributed by atoms with E-state index in [-0.39, 0.29) is 10.3 Å². The molecule has 1 rings (SSSR count). The van der Waals surface area contributed by atoms with E-state index < -0.39 is 23.0 Å². The molecule has 16 heavy (non-hydrogen) atoms. The Balaban J connectivity index is 3.18. The molecular formula is C8H9N3O5. The first-order valence-corrected chi connectivity index (χ1v) is 4.27. The highest BCUT2D eigenvalue weighted by atomic mass is 16.7. The summed E-state index contributed by atoms with van der Waals surface area (Å²) in [4.78, 5) is 52.0. The van der Waals surface area contributed by atoms with E-state index in [0.717, 1.165) is 0 Å². The fraction of sp³-hybridized carbons (Fsp3) is 0.250. The van der Waals surface area contributed by atoms with Gasteiger partial charge in [-0.2, -0.15) is 0 Å². The molecule has 1 heterocycles. The van der Waals surface area contributed by atoms with E-state index in [9.17, 15) is 19.2 Å². The lowest BCUT2D eigenvalue weighted by molar-refractivity contribution is -0.140. The van der Waals surface area contributed by atoms with Gasteiger partial charge in [-0.25, -0.2) is 19.2 Å². The summed E-state index contributed by atoms with van der Waals surface area (Å²) in [6.45, 7) is 3.05. The first-order chi connectivity index (χ1) is 7.45. The largest absolute Gasteiger partial charge is 0.367 e. The normalized spacial score (nSPS) is 11.2. The molecule has 0 aliphatic rings. The maximum atomic E-state index is 11.2. The molecule has 1 aromatic rings. The lowest BCUT2D eigenvalue weighted by Gasteiger charge is -2.02. The van der Waals surface area contributed by atoms with Crippen LogP contribution in [0.2, 0.25) is 0 Å². The van der Waals surface area contributed by atoms with Crippen molar-refractivity contribution < 1.29 is 9.63 Å². The third kappa shape index (κ3) is 2.35. The maximum Gasteiger partial charge on any atom is 0.367 e. The van der Waals surface area contributed by atoms with Gasteiger partial charge < -0.3 is 4.84 Å². The number of rotatable bonds is 2. The molecule has 0 radical (unpaired) electrons. The summed E-state index contributed by atoms with van der Waals surface area (Å²) in [5.74, 6) is -0.859. The molecule has 0 aliphatic carbocycles. The van der Waals surface area contributed by atoms with E-state index in [1.807, 2.05) is 0 Å². The molecular weight excluding hydrogens is 218 g/mol. The third-order valence-corrected chi connectivity index (χ3v) is 1.74. The quantitative estimate of drug-likeness (QED) is 0.575. The highest BCUT2D eigenvalue weighted by Crippen LogP contribution is 1.90. The zero-order valence-electron chi connectivity index (χ0n) is 8.57. The molecule has 8 heteroatoms. The van der Waals surface area contributed by atoms with Gasteiger partial charge >= 0.3 is 23.0 Å². The summed E-state index contributed by atoms with van der Waals surface area (Å²) in [6.07, 6.45) is 1.45. The number of carbonyl (C=O) groups is 1. The van der Waals surface area contributed by atoms with E-state index in [4.69, 9.17) is 0 Å². The van der Waals surface area contributed by atoms with Crippen LogP contribution in [0.15, 0.2) is 26.0 Å². The van der Waals surface area contributed by atoms with E-state index in [1.54, 1.807) is 16.9 Å². The standard InChI is InChI=1S/C8H9N3O5/c1-3-4(2)5(12)16-11-7(14)9-6(13)10-8(11)15/h3H,1-2H3,(H2,9,10,13,14,15). The molecule has 1 aromatic heterocycles. The van der Waals surface area contributed by atoms with Crippen LogP contribution in [0.1, 0.15) is 13.8 Å². The van der Waals surface area contributed by atoms with Gasteiger partial charge in [0.25, 0.3) is 0 Å². The summed E-state index contributed by atoms with van der Waals surface area (Å²) in [7, 11) is 0. The number of aromatic amines is 2. The van der Waals surface area contributed by atoms with Gasteiger partial charge in [-0.3, -0.25) is 9.97 Å². The van der Waals surface area contributed by atoms with Gasteiger partial charge in [0.05, 0.1) is 0 Å². The number of nitrogens with zero attached hydrogens (tertiary/aromatic N) is 1. The zero-order chi connectivity index (χ0) is 12.3. The first kappa shape index (κ1) is 11.7. The van der Waals surface area contributed by atoms with Crippen LogP contribution in [0.25, 0.3) is 0 Å². The minimum Gasteiger partial charge on any atom is -0.322 e. The number of H-pyrrole nitrogens is 2. The van der Waals surface area contributed by atoms with Crippen molar-refractivity contribution in [3.63, 3.8) is 0 Å². The molecule has 0 amide bonds. The van der Waals surface area contributed by atoms with Crippen molar-refractivity contribution in [3.05, 3.63) is 43.1 Å². The smallest absolute Gasteiger partial charge is 0.322 e. The monoisotopic (exact) mass is 227 g/mol. The molecule has 0 aliphatic heterocycles. The Morgan fingerprint density at radius 3 is 2.19 bits per heavy atom. The molecule has 0 aromatic carbocycles. The van der Waals surface area contributed by atoms with Crippen LogP contribution < -0.4 is 21.9 Å². The molecule has 8 nitrogen and oxygen atoms in total. The van der Waals surface area contributed by atoms with Crippen molar-refractivity contribution in [2.75, 3.05) is 0 Å². The summed E-state index contributed by atoms with van der Waals surface area (Å²) >= 11 is 0. The summed E-state index contributed by atoms with van der Waals surface area (Å²) < 4.78 is 0.136. The SMILES string of the molecule is CC=C(C)C(=O)On1c(=O)[nH]c(=O)[nH]c1=O. The molecule has 0 atom stereocenters. The second-order valence-corrected chi connectivity index (χ2v) is 2.83. The van der Waals surface area contributed by atoms with Crippen molar-refractivity contribution in [1.82, 2.24) is 14.7 Å². The number of allylic oxidation sites excluding steroid dienone is 1. The molecule has 0 saturated heterocycles. The molecule has 0 spiro atoms. The minimum atomic E-state index is -1.12. The fourth-order valence-corrected chi connectivity index (χ4v) is 0.775. The lowest BCUT2D eigenvalue weighted by atomic mass is 10.3. The average Bonchev–Trinajstić information content (AvgIpc) is 2.21. The van der Waals surface area contributed by atoms with Crippen molar-refractivity contribution in [2.45, 2.75) is 13.8 Å². The van der Waals surface area contributed by atoms with Gasteiger partial charge in [0.15, 0.2) is 0 Å². The van der Waals surface area contributed by atoms with Crippen molar-refractivity contribution in [1.29, 1.82) is 0 Å². The van der Waals surface area contributed by atoms with Crippen LogP contribution >= 0.6 is 0 Å². The number of aromatic nitrogens is 3. The van der Waals surface area contributed by atoms with E-state index in [0.29, 0.717) is 0 Å². The van der Waals surface area contributed by atoms with Crippen molar-refractivity contribution in [2.24, 2.45) is 0 Å². The lowest BCUT2D eigenvalue weighted by Crippen LogP contribution is -2.47. The topological polar surface area (TPSA) is 114 Å². The van der Waals surface area contributed by atoms with Gasteiger partial charge in [-0.1, -0.05) is 10.8 Å². The average molecular weight is 227 g/mol. The Hall–Kier alpha value is -2.38. The number of nitrogens with one attached hydrogen (secondary N) is 2. The third-order valence-electron chi connectivity index (χ3n) is 1.74. The van der Waals surface area contributed by atoms with E-state index >= 15 is 0 Å². The minimum absolute atomic E-state index is 0.136. The molecule has 0 saturated carbocycles. The summed E-state index contributed by atoms with van der Waals surface area (Å²) in [6, 6.07) is 0. The molecule has 0 bridgehead atoms. The zero-order valence-corrected chi connectivity index (χ0v) is 8.57. The van der Waals surface area contributed by atoms with Crippen molar-refractivity contribution >= 4 is 5.97 Å². The molecule has 86 valence electrons. The summed E-state index contributed by atoms with van der Waals surface area (Å²) in [5.41, 5.74) is -2.99. The fourth-order valence-electron chi connectivity index (χ4n) is 0.775. The number of hydrogen-bond donors (Lipinski definition) is 2. The van der Waals surface area contributed by atoms with Crippen LogP contribution in [-0.4, -0.2) is 20.7 Å². The highest BCUT2D eigenvalue weighted by Gasteiger charge is 2.11. The Morgan fingerprint density at radius 2 is 1.75 bits per heavy atom. The van der Waals surface area contributed by atoms with Crippen LogP contribution in [0.5, 0.6) is 0 Å². The molecule has 2 N–H and O–H groups in total. The Labute approximate surface area is 88.1 Å². The van der Waals surface area contributed by atoms with Crippen LogP contribution in [0.4, 0.5) is 0 Å². The van der Waals surface area contributed by atoms with Gasteiger partial charge in [-0.05, 0) is 13.8 Å². The van der Waals surface area contributed by atoms with E-state index in [1.165, 1.54) is 13.0 Å². The van der Waals surface area contributed by atoms with Gasteiger partial charge in [0, 0.05) is 5.57 Å². The molecule has 0 fully saturated rings.